The minimum Gasteiger partial charge on any atom is -0.481 e. The summed E-state index contributed by atoms with van der Waals surface area (Å²) in [6.45, 7) is 2.80. The van der Waals surface area contributed by atoms with E-state index >= 15 is 0 Å². The lowest BCUT2D eigenvalue weighted by molar-refractivity contribution is -0.143. The van der Waals surface area contributed by atoms with Crippen LogP contribution in [0.25, 0.3) is 0 Å². The number of carbonyl (C=O) groups is 2. The van der Waals surface area contributed by atoms with Gasteiger partial charge >= 0.3 is 11.9 Å². The van der Waals surface area contributed by atoms with Crippen LogP contribution < -0.4 is 0 Å². The monoisotopic (exact) mass is 374 g/mol. The highest BCUT2D eigenvalue weighted by atomic mass is 32.2. The first-order chi connectivity index (χ1) is 12.2. The van der Waals surface area contributed by atoms with Crippen LogP contribution in [0.4, 0.5) is 0 Å². The second kappa shape index (κ2) is 19.6. The van der Waals surface area contributed by atoms with Crippen molar-refractivity contribution in [1.29, 1.82) is 0 Å². The second-order valence-electron chi connectivity index (χ2n) is 6.62. The van der Waals surface area contributed by atoms with Crippen molar-refractivity contribution in [3.8, 4) is 0 Å². The van der Waals surface area contributed by atoms with Gasteiger partial charge < -0.3 is 9.84 Å². The standard InChI is InChI=1S/C20H38O4S/c1-2-3-4-5-6-7-8-9-10-11-16-24-20(23)15-13-18-25-17-12-14-19(21)22/h2-18H2,1H3,(H,21,22). The van der Waals surface area contributed by atoms with Gasteiger partial charge in [-0.2, -0.15) is 11.8 Å². The van der Waals surface area contributed by atoms with Gasteiger partial charge in [-0.3, -0.25) is 9.59 Å². The summed E-state index contributed by atoms with van der Waals surface area (Å²) in [5.41, 5.74) is 0. The number of ether oxygens (including phenoxy) is 1. The maximum absolute atomic E-state index is 11.6. The third-order valence-corrected chi connectivity index (χ3v) is 5.26. The van der Waals surface area contributed by atoms with Crippen LogP contribution in [-0.2, 0) is 14.3 Å². The zero-order chi connectivity index (χ0) is 18.6. The van der Waals surface area contributed by atoms with Crippen LogP contribution in [0.2, 0.25) is 0 Å². The van der Waals surface area contributed by atoms with Crippen LogP contribution in [0.3, 0.4) is 0 Å². The fourth-order valence-electron chi connectivity index (χ4n) is 2.59. The Morgan fingerprint density at radius 1 is 0.760 bits per heavy atom. The maximum Gasteiger partial charge on any atom is 0.305 e. The molecule has 0 radical (unpaired) electrons. The lowest BCUT2D eigenvalue weighted by Crippen LogP contribution is -2.06. The molecule has 0 saturated heterocycles. The molecule has 0 heterocycles. The lowest BCUT2D eigenvalue weighted by atomic mass is 10.1. The van der Waals surface area contributed by atoms with Crippen LogP contribution in [-0.4, -0.2) is 35.2 Å². The van der Waals surface area contributed by atoms with Crippen molar-refractivity contribution in [3.05, 3.63) is 0 Å². The predicted molar refractivity (Wildman–Crippen MR) is 106 cm³/mol. The average molecular weight is 375 g/mol. The van der Waals surface area contributed by atoms with E-state index in [0.717, 1.165) is 30.8 Å². The van der Waals surface area contributed by atoms with Crippen molar-refractivity contribution < 1.29 is 19.4 Å². The van der Waals surface area contributed by atoms with Gasteiger partial charge in [-0.25, -0.2) is 0 Å². The molecule has 0 aliphatic carbocycles. The Kier molecular flexibility index (Phi) is 19.1. The van der Waals surface area contributed by atoms with Crippen LogP contribution in [0.1, 0.15) is 96.8 Å². The average Bonchev–Trinajstić information content (AvgIpc) is 2.58. The molecule has 4 nitrogen and oxygen atoms in total. The van der Waals surface area contributed by atoms with E-state index in [1.807, 2.05) is 0 Å². The summed E-state index contributed by atoms with van der Waals surface area (Å²) in [5, 5.41) is 8.52. The van der Waals surface area contributed by atoms with Crippen molar-refractivity contribution in [1.82, 2.24) is 0 Å². The van der Waals surface area contributed by atoms with Crippen molar-refractivity contribution >= 4 is 23.7 Å². The van der Waals surface area contributed by atoms with Gasteiger partial charge in [0.1, 0.15) is 0 Å². The third-order valence-electron chi connectivity index (χ3n) is 4.11. The van der Waals surface area contributed by atoms with Gasteiger partial charge in [-0.05, 0) is 30.8 Å². The maximum atomic E-state index is 11.6. The molecule has 1 N–H and O–H groups in total. The Morgan fingerprint density at radius 3 is 1.84 bits per heavy atom. The molecule has 5 heteroatoms. The van der Waals surface area contributed by atoms with Crippen molar-refractivity contribution in [3.63, 3.8) is 0 Å². The molecule has 25 heavy (non-hydrogen) atoms. The zero-order valence-corrected chi connectivity index (χ0v) is 16.9. The number of carbonyl (C=O) groups excluding carboxylic acids is 1. The number of thioether (sulfide) groups is 1. The van der Waals surface area contributed by atoms with Gasteiger partial charge in [0.05, 0.1) is 6.61 Å². The highest BCUT2D eigenvalue weighted by molar-refractivity contribution is 7.99. The largest absolute Gasteiger partial charge is 0.481 e. The molecular weight excluding hydrogens is 336 g/mol. The number of rotatable bonds is 19. The first-order valence-electron chi connectivity index (χ1n) is 10.1. The van der Waals surface area contributed by atoms with Gasteiger partial charge in [0.25, 0.3) is 0 Å². The SMILES string of the molecule is CCCCCCCCCCCCOC(=O)CCCSCCCC(=O)O. The number of unbranched alkanes of at least 4 members (excludes halogenated alkanes) is 9. The highest BCUT2D eigenvalue weighted by Gasteiger charge is 2.03. The molecule has 0 aliphatic heterocycles. The van der Waals surface area contributed by atoms with E-state index in [-0.39, 0.29) is 12.4 Å². The summed E-state index contributed by atoms with van der Waals surface area (Å²) in [4.78, 5) is 21.9. The van der Waals surface area contributed by atoms with Crippen molar-refractivity contribution in [2.45, 2.75) is 96.8 Å². The van der Waals surface area contributed by atoms with E-state index in [1.54, 1.807) is 11.8 Å². The van der Waals surface area contributed by atoms with E-state index in [9.17, 15) is 9.59 Å². The molecule has 0 aromatic heterocycles. The van der Waals surface area contributed by atoms with Crippen molar-refractivity contribution in [2.24, 2.45) is 0 Å². The summed E-state index contributed by atoms with van der Waals surface area (Å²) in [6.07, 6.45) is 15.0. The topological polar surface area (TPSA) is 63.6 Å². The Hall–Kier alpha value is -0.710. The number of esters is 1. The van der Waals surface area contributed by atoms with Crippen LogP contribution in [0, 0.1) is 0 Å². The van der Waals surface area contributed by atoms with Gasteiger partial charge in [0.2, 0.25) is 0 Å². The summed E-state index contributed by atoms with van der Waals surface area (Å²) < 4.78 is 5.25. The summed E-state index contributed by atoms with van der Waals surface area (Å²) in [7, 11) is 0. The third kappa shape index (κ3) is 21.2. The number of carboxylic acids is 1. The number of aliphatic carboxylic acids is 1. The summed E-state index contributed by atoms with van der Waals surface area (Å²) >= 11 is 1.71. The summed E-state index contributed by atoms with van der Waals surface area (Å²) in [5.74, 6) is 0.908. The van der Waals surface area contributed by atoms with E-state index < -0.39 is 5.97 Å². The second-order valence-corrected chi connectivity index (χ2v) is 7.84. The van der Waals surface area contributed by atoms with Crippen LogP contribution >= 0.6 is 11.8 Å². The molecule has 0 unspecified atom stereocenters. The number of carboxylic acid groups (broad SMARTS) is 1. The van der Waals surface area contributed by atoms with E-state index in [0.29, 0.717) is 19.4 Å². The van der Waals surface area contributed by atoms with E-state index in [1.165, 1.54) is 51.4 Å². The molecule has 0 bridgehead atoms. The molecular formula is C20H38O4S. The fraction of sp³-hybridized carbons (Fsp3) is 0.900. The molecule has 0 saturated carbocycles. The van der Waals surface area contributed by atoms with E-state index in [2.05, 4.69) is 6.92 Å². The predicted octanol–water partition coefficient (Wildman–Crippen LogP) is 5.83. The molecule has 0 atom stereocenters. The Morgan fingerprint density at radius 2 is 1.28 bits per heavy atom. The fourth-order valence-corrected chi connectivity index (χ4v) is 3.49. The Bertz CT molecular complexity index is 321. The first-order valence-corrected chi connectivity index (χ1v) is 11.3. The molecule has 0 aromatic carbocycles. The molecule has 0 spiro atoms. The molecule has 0 amide bonds. The van der Waals surface area contributed by atoms with Crippen molar-refractivity contribution in [2.75, 3.05) is 18.1 Å². The molecule has 0 aromatic rings. The molecule has 0 fully saturated rings. The quantitative estimate of drug-likeness (QED) is 0.228. The Balaban J connectivity index is 3.16. The first kappa shape index (κ1) is 24.3. The minimum atomic E-state index is -0.740. The van der Waals surface area contributed by atoms with Crippen LogP contribution in [0.15, 0.2) is 0 Å². The number of hydrogen-bond acceptors (Lipinski definition) is 4. The summed E-state index contributed by atoms with van der Waals surface area (Å²) in [6, 6.07) is 0. The van der Waals surface area contributed by atoms with E-state index in [4.69, 9.17) is 9.84 Å². The normalized spacial score (nSPS) is 10.8. The van der Waals surface area contributed by atoms with Gasteiger partial charge in [0, 0.05) is 12.8 Å². The smallest absolute Gasteiger partial charge is 0.305 e. The molecule has 148 valence electrons. The molecule has 0 aliphatic rings. The minimum absolute atomic E-state index is 0.0953. The van der Waals surface area contributed by atoms with Gasteiger partial charge in [-0.1, -0.05) is 64.7 Å². The Labute approximate surface area is 158 Å². The van der Waals surface area contributed by atoms with Gasteiger partial charge in [-0.15, -0.1) is 0 Å². The molecule has 0 rings (SSSR count). The zero-order valence-electron chi connectivity index (χ0n) is 16.1. The van der Waals surface area contributed by atoms with Crippen LogP contribution in [0.5, 0.6) is 0 Å². The lowest BCUT2D eigenvalue weighted by Gasteiger charge is -2.05. The highest BCUT2D eigenvalue weighted by Crippen LogP contribution is 2.11. The van der Waals surface area contributed by atoms with Gasteiger partial charge in [0.15, 0.2) is 0 Å². The number of hydrogen-bond donors (Lipinski definition) is 1.